The first-order valence-electron chi connectivity index (χ1n) is 11.2. The highest BCUT2D eigenvalue weighted by Gasteiger charge is 2.56. The van der Waals surface area contributed by atoms with Crippen LogP contribution in [0.2, 0.25) is 0 Å². The quantitative estimate of drug-likeness (QED) is 0.766. The number of rotatable bonds is 5. The van der Waals surface area contributed by atoms with Crippen LogP contribution in [-0.4, -0.2) is 75.6 Å². The van der Waals surface area contributed by atoms with E-state index in [1.54, 1.807) is 11.7 Å². The zero-order valence-electron chi connectivity index (χ0n) is 17.9. The fraction of sp³-hybridized carbons (Fsp3) is 0.636. The van der Waals surface area contributed by atoms with E-state index in [9.17, 15) is 5.26 Å². The number of piperazine rings is 1. The summed E-state index contributed by atoms with van der Waals surface area (Å²) in [4.78, 5) is 21.0. The zero-order valence-corrected chi connectivity index (χ0v) is 18.7. The van der Waals surface area contributed by atoms with E-state index in [0.717, 1.165) is 49.1 Å². The number of fused-ring (bicyclic) bond motifs is 1. The van der Waals surface area contributed by atoms with Crippen molar-refractivity contribution in [2.45, 2.75) is 44.2 Å². The van der Waals surface area contributed by atoms with Gasteiger partial charge in [0.15, 0.2) is 0 Å². The highest BCUT2D eigenvalue weighted by atomic mass is 32.1. The molecular weight excluding hydrogens is 408 g/mol. The van der Waals surface area contributed by atoms with Crippen molar-refractivity contribution in [3.63, 3.8) is 0 Å². The molecule has 1 spiro atoms. The van der Waals surface area contributed by atoms with Gasteiger partial charge in [-0.25, -0.2) is 4.98 Å². The monoisotopic (exact) mass is 436 g/mol. The summed E-state index contributed by atoms with van der Waals surface area (Å²) in [5, 5.41) is 13.8. The van der Waals surface area contributed by atoms with E-state index in [0.29, 0.717) is 23.8 Å². The second kappa shape index (κ2) is 7.12. The van der Waals surface area contributed by atoms with Crippen LogP contribution in [0.15, 0.2) is 17.9 Å². The number of anilines is 3. The minimum Gasteiger partial charge on any atom is -0.352 e. The maximum atomic E-state index is 9.63. The van der Waals surface area contributed by atoms with E-state index in [-0.39, 0.29) is 5.54 Å². The Morgan fingerprint density at radius 2 is 2.13 bits per heavy atom. The van der Waals surface area contributed by atoms with E-state index in [4.69, 9.17) is 4.98 Å². The Hall–Kier alpha value is -2.28. The largest absolute Gasteiger partial charge is 0.352 e. The van der Waals surface area contributed by atoms with Crippen LogP contribution in [0.1, 0.15) is 31.2 Å². The lowest BCUT2D eigenvalue weighted by molar-refractivity contribution is -0.000623. The average molecular weight is 437 g/mol. The molecule has 31 heavy (non-hydrogen) atoms. The summed E-state index contributed by atoms with van der Waals surface area (Å²) in [6, 6.07) is 3.17. The number of aromatic nitrogens is 3. The summed E-state index contributed by atoms with van der Waals surface area (Å²) < 4.78 is 0. The molecule has 5 heterocycles. The van der Waals surface area contributed by atoms with Crippen molar-refractivity contribution in [1.29, 1.82) is 5.26 Å². The number of thiazole rings is 1. The molecular formula is C22H28N8S. The number of hydrogen-bond donors (Lipinski definition) is 1. The summed E-state index contributed by atoms with van der Waals surface area (Å²) in [5.74, 6) is 1.56. The molecule has 4 fully saturated rings. The molecule has 0 amide bonds. The van der Waals surface area contributed by atoms with E-state index < -0.39 is 0 Å². The minimum atomic E-state index is -0.0528. The molecule has 1 saturated carbocycles. The maximum Gasteiger partial charge on any atom is 0.229 e. The third kappa shape index (κ3) is 3.37. The topological polar surface area (TPSA) is 84.2 Å². The molecule has 4 aliphatic rings. The molecule has 1 atom stereocenters. The van der Waals surface area contributed by atoms with Gasteiger partial charge in [0.25, 0.3) is 0 Å². The van der Waals surface area contributed by atoms with Crippen molar-refractivity contribution >= 4 is 28.1 Å². The van der Waals surface area contributed by atoms with Gasteiger partial charge in [-0.15, -0.1) is 11.3 Å². The van der Waals surface area contributed by atoms with Crippen LogP contribution >= 0.6 is 11.3 Å². The molecule has 0 aromatic carbocycles. The van der Waals surface area contributed by atoms with Gasteiger partial charge in [0.1, 0.15) is 10.8 Å². The van der Waals surface area contributed by atoms with Crippen LogP contribution < -0.4 is 10.2 Å². The third-order valence-electron chi connectivity index (χ3n) is 7.73. The molecule has 2 aromatic heterocycles. The van der Waals surface area contributed by atoms with Crippen LogP contribution in [0.25, 0.3) is 0 Å². The number of nitrogens with zero attached hydrogens (tertiary/aromatic N) is 7. The summed E-state index contributed by atoms with van der Waals surface area (Å²) in [6.45, 7) is 8.41. The minimum absolute atomic E-state index is 0.0528. The second-order valence-electron chi connectivity index (χ2n) is 9.88. The van der Waals surface area contributed by atoms with Crippen LogP contribution in [0.4, 0.5) is 16.8 Å². The lowest BCUT2D eigenvalue weighted by Crippen LogP contribution is -2.73. The number of nitriles is 1. The first kappa shape index (κ1) is 19.4. The van der Waals surface area contributed by atoms with Gasteiger partial charge in [-0.05, 0) is 31.6 Å². The zero-order chi connectivity index (χ0) is 21.1. The summed E-state index contributed by atoms with van der Waals surface area (Å²) in [5.41, 5.74) is 3.45. The molecule has 1 N–H and O–H groups in total. The fourth-order valence-electron chi connectivity index (χ4n) is 5.85. The molecule has 3 aliphatic heterocycles. The van der Waals surface area contributed by atoms with Gasteiger partial charge in [-0.1, -0.05) is 0 Å². The molecule has 0 radical (unpaired) electrons. The first-order valence-corrected chi connectivity index (χ1v) is 12.1. The molecule has 8 nitrogen and oxygen atoms in total. The third-order valence-corrected chi connectivity index (χ3v) is 8.42. The van der Waals surface area contributed by atoms with E-state index in [2.05, 4.69) is 43.0 Å². The first-order chi connectivity index (χ1) is 15.1. The SMILES string of the molecule is Cc1cnc(Nc2cncs2)nc1N1CC(CC#N)(N2CCN3CC4(CC4)C[C@H]3C2)C1. The molecule has 6 rings (SSSR count). The van der Waals surface area contributed by atoms with E-state index >= 15 is 0 Å². The Bertz CT molecular complexity index is 1010. The van der Waals surface area contributed by atoms with Crippen LogP contribution in [0.3, 0.4) is 0 Å². The van der Waals surface area contributed by atoms with Crippen LogP contribution in [-0.2, 0) is 0 Å². The Balaban J connectivity index is 1.17. The number of hydrogen-bond acceptors (Lipinski definition) is 9. The Morgan fingerprint density at radius 1 is 1.26 bits per heavy atom. The lowest BCUT2D eigenvalue weighted by atomic mass is 9.83. The van der Waals surface area contributed by atoms with Crippen molar-refractivity contribution in [3.8, 4) is 6.07 Å². The molecule has 0 unspecified atom stereocenters. The van der Waals surface area contributed by atoms with Crippen LogP contribution in [0.5, 0.6) is 0 Å². The maximum absolute atomic E-state index is 9.63. The summed E-state index contributed by atoms with van der Waals surface area (Å²) in [6.07, 6.45) is 8.43. The fourth-order valence-corrected chi connectivity index (χ4v) is 6.35. The van der Waals surface area contributed by atoms with Gasteiger partial charge in [-0.3, -0.25) is 14.8 Å². The Labute approximate surface area is 186 Å². The molecule has 9 heteroatoms. The number of nitrogens with one attached hydrogen (secondary N) is 1. The highest BCUT2D eigenvalue weighted by Crippen LogP contribution is 2.55. The standard InChI is InChI=1S/C22H28N8S/c1-16-9-25-20(26-18-10-24-15-31-18)27-19(16)29-13-22(14-29,4-5-23)30-7-6-28-12-21(2-3-21)8-17(28)11-30/h9-10,15,17H,2-4,6-8,11-14H2,1H3,(H,25,26,27)/t17-/m0/s1. The summed E-state index contributed by atoms with van der Waals surface area (Å²) in [7, 11) is 0. The molecule has 2 aromatic rings. The van der Waals surface area contributed by atoms with Gasteiger partial charge in [0.2, 0.25) is 5.95 Å². The molecule has 1 aliphatic carbocycles. The van der Waals surface area contributed by atoms with E-state index in [1.807, 2.05) is 6.20 Å². The molecule has 0 bridgehead atoms. The molecule has 3 saturated heterocycles. The van der Waals surface area contributed by atoms with Crippen molar-refractivity contribution in [2.24, 2.45) is 5.41 Å². The smallest absolute Gasteiger partial charge is 0.229 e. The van der Waals surface area contributed by atoms with E-state index in [1.165, 1.54) is 37.1 Å². The normalized spacial score (nSPS) is 26.3. The van der Waals surface area contributed by atoms with Crippen LogP contribution in [0, 0.1) is 23.7 Å². The lowest BCUT2D eigenvalue weighted by Gasteiger charge is -2.58. The predicted molar refractivity (Wildman–Crippen MR) is 121 cm³/mol. The Kier molecular flexibility index (Phi) is 4.46. The average Bonchev–Trinajstić information content (AvgIpc) is 3.12. The Morgan fingerprint density at radius 3 is 2.87 bits per heavy atom. The van der Waals surface area contributed by atoms with Crippen molar-refractivity contribution in [3.05, 3.63) is 23.5 Å². The number of aryl methyl sites for hydroxylation is 1. The van der Waals surface area contributed by atoms with Gasteiger partial charge < -0.3 is 10.2 Å². The summed E-state index contributed by atoms with van der Waals surface area (Å²) >= 11 is 1.53. The van der Waals surface area contributed by atoms with Crippen molar-refractivity contribution in [2.75, 3.05) is 49.5 Å². The van der Waals surface area contributed by atoms with Crippen molar-refractivity contribution < 1.29 is 0 Å². The highest BCUT2D eigenvalue weighted by molar-refractivity contribution is 7.13. The van der Waals surface area contributed by atoms with Gasteiger partial charge >= 0.3 is 0 Å². The van der Waals surface area contributed by atoms with Crippen molar-refractivity contribution in [1.82, 2.24) is 24.8 Å². The predicted octanol–water partition coefficient (Wildman–Crippen LogP) is 2.63. The second-order valence-corrected chi connectivity index (χ2v) is 10.8. The molecule has 162 valence electrons. The van der Waals surface area contributed by atoms with Gasteiger partial charge in [0.05, 0.1) is 29.7 Å². The van der Waals surface area contributed by atoms with Gasteiger partial charge in [0, 0.05) is 57.1 Å². The van der Waals surface area contributed by atoms with Gasteiger partial charge in [-0.2, -0.15) is 10.2 Å².